The van der Waals surface area contributed by atoms with E-state index < -0.39 is 10.0 Å². The molecular weight excluding hydrogens is 446 g/mol. The second-order valence-electron chi connectivity index (χ2n) is 8.67. The van der Waals surface area contributed by atoms with Gasteiger partial charge in [0.05, 0.1) is 10.9 Å². The Hall–Kier alpha value is -1.93. The van der Waals surface area contributed by atoms with Crippen LogP contribution in [0.4, 0.5) is 0 Å². The van der Waals surface area contributed by atoms with Crippen LogP contribution in [0.3, 0.4) is 0 Å². The SMILES string of the molecule is Cc1ccc(S(=O)(=O)N2CCC(C(=O)NCC(c3ccccc3Cl)N(C)C)CC2)cc1C. The molecule has 1 heterocycles. The molecule has 0 aromatic heterocycles. The first-order chi connectivity index (χ1) is 15.1. The summed E-state index contributed by atoms with van der Waals surface area (Å²) < 4.78 is 27.5. The van der Waals surface area contributed by atoms with Gasteiger partial charge >= 0.3 is 0 Å². The Kier molecular flexibility index (Phi) is 7.98. The molecule has 2 aromatic rings. The molecule has 1 atom stereocenters. The van der Waals surface area contributed by atoms with E-state index in [1.165, 1.54) is 4.31 Å². The van der Waals surface area contributed by atoms with Crippen molar-refractivity contribution in [2.45, 2.75) is 37.6 Å². The zero-order valence-electron chi connectivity index (χ0n) is 19.1. The maximum absolute atomic E-state index is 13.0. The maximum atomic E-state index is 13.0. The molecule has 1 aliphatic heterocycles. The standard InChI is InChI=1S/C24H32ClN3O3S/c1-17-9-10-20(15-18(17)2)32(30,31)28-13-11-19(12-14-28)24(29)26-16-23(27(3)4)21-7-5-6-8-22(21)25/h5-10,15,19,23H,11-14,16H2,1-4H3,(H,26,29). The maximum Gasteiger partial charge on any atom is 0.243 e. The van der Waals surface area contributed by atoms with Gasteiger partial charge in [-0.2, -0.15) is 4.31 Å². The van der Waals surface area contributed by atoms with Crippen LogP contribution in [0.15, 0.2) is 47.4 Å². The molecule has 1 N–H and O–H groups in total. The Labute approximate surface area is 196 Å². The highest BCUT2D eigenvalue weighted by Crippen LogP contribution is 2.27. The lowest BCUT2D eigenvalue weighted by atomic mass is 9.97. The van der Waals surface area contributed by atoms with Crippen LogP contribution in [0, 0.1) is 19.8 Å². The molecule has 1 amide bonds. The minimum atomic E-state index is -3.55. The number of nitrogens with one attached hydrogen (secondary N) is 1. The number of amides is 1. The minimum absolute atomic E-state index is 0.0351. The van der Waals surface area contributed by atoms with Crippen LogP contribution in [0.25, 0.3) is 0 Å². The molecule has 2 aromatic carbocycles. The molecule has 1 fully saturated rings. The van der Waals surface area contributed by atoms with Gasteiger partial charge < -0.3 is 10.2 Å². The van der Waals surface area contributed by atoms with Gasteiger partial charge in [0, 0.05) is 30.6 Å². The van der Waals surface area contributed by atoms with E-state index in [9.17, 15) is 13.2 Å². The summed E-state index contributed by atoms with van der Waals surface area (Å²) in [6, 6.07) is 12.8. The van der Waals surface area contributed by atoms with Crippen molar-refractivity contribution in [1.82, 2.24) is 14.5 Å². The van der Waals surface area contributed by atoms with E-state index in [-0.39, 0.29) is 17.9 Å². The third-order valence-corrected chi connectivity index (χ3v) is 8.54. The van der Waals surface area contributed by atoms with Crippen molar-refractivity contribution in [3.05, 3.63) is 64.2 Å². The zero-order valence-corrected chi connectivity index (χ0v) is 20.7. The number of sulfonamides is 1. The molecule has 32 heavy (non-hydrogen) atoms. The van der Waals surface area contributed by atoms with Gasteiger partial charge in [-0.15, -0.1) is 0 Å². The van der Waals surface area contributed by atoms with E-state index in [2.05, 4.69) is 5.32 Å². The first-order valence-corrected chi connectivity index (χ1v) is 12.7. The van der Waals surface area contributed by atoms with Crippen LogP contribution < -0.4 is 5.32 Å². The van der Waals surface area contributed by atoms with Crippen LogP contribution in [-0.4, -0.2) is 57.3 Å². The first kappa shape index (κ1) is 24.7. The summed E-state index contributed by atoms with van der Waals surface area (Å²) in [4.78, 5) is 15.2. The molecule has 0 aliphatic carbocycles. The number of rotatable bonds is 7. The topological polar surface area (TPSA) is 69.7 Å². The molecule has 8 heteroatoms. The average Bonchev–Trinajstić information content (AvgIpc) is 2.76. The number of hydrogen-bond acceptors (Lipinski definition) is 4. The highest BCUT2D eigenvalue weighted by atomic mass is 35.5. The monoisotopic (exact) mass is 477 g/mol. The van der Waals surface area contributed by atoms with Gasteiger partial charge in [-0.05, 0) is 75.7 Å². The molecule has 0 saturated carbocycles. The van der Waals surface area contributed by atoms with Crippen LogP contribution >= 0.6 is 11.6 Å². The van der Waals surface area contributed by atoms with Crippen LogP contribution in [0.1, 0.15) is 35.6 Å². The van der Waals surface area contributed by atoms with E-state index >= 15 is 0 Å². The van der Waals surface area contributed by atoms with Crippen molar-refractivity contribution in [2.24, 2.45) is 5.92 Å². The number of benzene rings is 2. The van der Waals surface area contributed by atoms with Crippen LogP contribution in [-0.2, 0) is 14.8 Å². The van der Waals surface area contributed by atoms with E-state index in [4.69, 9.17) is 11.6 Å². The minimum Gasteiger partial charge on any atom is -0.354 e. The number of carbonyl (C=O) groups excluding carboxylic acids is 1. The number of piperidine rings is 1. The summed E-state index contributed by atoms with van der Waals surface area (Å²) >= 11 is 6.35. The van der Waals surface area contributed by atoms with E-state index in [1.54, 1.807) is 12.1 Å². The molecule has 1 aliphatic rings. The zero-order chi connectivity index (χ0) is 23.5. The largest absolute Gasteiger partial charge is 0.354 e. The first-order valence-electron chi connectivity index (χ1n) is 10.9. The second-order valence-corrected chi connectivity index (χ2v) is 11.0. The fourth-order valence-electron chi connectivity index (χ4n) is 4.04. The number of halogens is 1. The van der Waals surface area contributed by atoms with Gasteiger partial charge in [-0.3, -0.25) is 4.79 Å². The Morgan fingerprint density at radius 3 is 2.38 bits per heavy atom. The number of nitrogens with zero attached hydrogens (tertiary/aromatic N) is 2. The molecule has 1 saturated heterocycles. The number of carbonyl (C=O) groups is 1. The van der Waals surface area contributed by atoms with Gasteiger partial charge in [0.25, 0.3) is 0 Å². The second kappa shape index (κ2) is 10.3. The highest BCUT2D eigenvalue weighted by molar-refractivity contribution is 7.89. The van der Waals surface area contributed by atoms with Gasteiger partial charge in [0.2, 0.25) is 15.9 Å². The van der Waals surface area contributed by atoms with Crippen molar-refractivity contribution >= 4 is 27.5 Å². The number of aryl methyl sites for hydroxylation is 2. The summed E-state index contributed by atoms with van der Waals surface area (Å²) in [6.07, 6.45) is 1.02. The van der Waals surface area contributed by atoms with E-state index in [0.717, 1.165) is 16.7 Å². The lowest BCUT2D eigenvalue weighted by molar-refractivity contribution is -0.126. The van der Waals surface area contributed by atoms with Crippen molar-refractivity contribution in [3.63, 3.8) is 0 Å². The summed E-state index contributed by atoms with van der Waals surface area (Å²) in [5.74, 6) is -0.234. The Morgan fingerprint density at radius 2 is 1.78 bits per heavy atom. The molecule has 1 unspecified atom stereocenters. The summed E-state index contributed by atoms with van der Waals surface area (Å²) in [7, 11) is 0.361. The van der Waals surface area contributed by atoms with E-state index in [1.807, 2.05) is 63.2 Å². The summed E-state index contributed by atoms with van der Waals surface area (Å²) in [5.41, 5.74) is 2.98. The molecule has 0 radical (unpaired) electrons. The smallest absolute Gasteiger partial charge is 0.243 e. The number of likely N-dealkylation sites (N-methyl/N-ethyl adjacent to an activating group) is 1. The average molecular weight is 478 g/mol. The summed E-state index contributed by atoms with van der Waals surface area (Å²) in [6.45, 7) is 5.00. The molecular formula is C24H32ClN3O3S. The quantitative estimate of drug-likeness (QED) is 0.658. The lowest BCUT2D eigenvalue weighted by Crippen LogP contribution is -2.44. The van der Waals surface area contributed by atoms with Crippen molar-refractivity contribution < 1.29 is 13.2 Å². The molecule has 3 rings (SSSR count). The van der Waals surface area contributed by atoms with Gasteiger partial charge in [-0.25, -0.2) is 8.42 Å². The predicted octanol–water partition coefficient (Wildman–Crippen LogP) is 3.78. The van der Waals surface area contributed by atoms with Gasteiger partial charge in [0.1, 0.15) is 0 Å². The Balaban J connectivity index is 1.59. The van der Waals surface area contributed by atoms with Crippen molar-refractivity contribution in [2.75, 3.05) is 33.7 Å². The van der Waals surface area contributed by atoms with Gasteiger partial charge in [0.15, 0.2) is 0 Å². The normalized spacial score (nSPS) is 16.8. The third kappa shape index (κ3) is 5.52. The third-order valence-electron chi connectivity index (χ3n) is 6.30. The van der Waals surface area contributed by atoms with Crippen LogP contribution in [0.2, 0.25) is 5.02 Å². The van der Waals surface area contributed by atoms with Gasteiger partial charge in [-0.1, -0.05) is 35.9 Å². The molecule has 0 bridgehead atoms. The van der Waals surface area contributed by atoms with E-state index in [0.29, 0.717) is 42.4 Å². The number of hydrogen-bond donors (Lipinski definition) is 1. The Morgan fingerprint density at radius 1 is 1.12 bits per heavy atom. The lowest BCUT2D eigenvalue weighted by Gasteiger charge is -2.31. The molecule has 6 nitrogen and oxygen atoms in total. The summed E-state index contributed by atoms with van der Waals surface area (Å²) in [5, 5.41) is 3.72. The fraction of sp³-hybridized carbons (Fsp3) is 0.458. The van der Waals surface area contributed by atoms with Crippen molar-refractivity contribution in [1.29, 1.82) is 0 Å². The molecule has 174 valence electrons. The highest BCUT2D eigenvalue weighted by Gasteiger charge is 2.32. The molecule has 0 spiro atoms. The van der Waals surface area contributed by atoms with Crippen LogP contribution in [0.5, 0.6) is 0 Å². The Bertz CT molecular complexity index is 1060. The van der Waals surface area contributed by atoms with Crippen molar-refractivity contribution in [3.8, 4) is 0 Å². The fourth-order valence-corrected chi connectivity index (χ4v) is 5.86. The predicted molar refractivity (Wildman–Crippen MR) is 128 cm³/mol.